The molecule has 1 amide bonds. The molecule has 2 saturated heterocycles. The van der Waals surface area contributed by atoms with E-state index in [-0.39, 0.29) is 11.6 Å². The van der Waals surface area contributed by atoms with Crippen LogP contribution in [0.5, 0.6) is 0 Å². The summed E-state index contributed by atoms with van der Waals surface area (Å²) in [5, 5.41) is 9.68. The van der Waals surface area contributed by atoms with Gasteiger partial charge in [-0.3, -0.25) is 4.90 Å². The predicted molar refractivity (Wildman–Crippen MR) is 80.8 cm³/mol. The molecule has 0 aromatic carbocycles. The number of hydrogen-bond acceptors (Lipinski definition) is 4. The summed E-state index contributed by atoms with van der Waals surface area (Å²) < 4.78 is 5.41. The Labute approximate surface area is 127 Å². The third-order valence-electron chi connectivity index (χ3n) is 4.41. The van der Waals surface area contributed by atoms with Gasteiger partial charge >= 0.3 is 6.09 Å². The quantitative estimate of drug-likeness (QED) is 0.746. The van der Waals surface area contributed by atoms with E-state index in [0.29, 0.717) is 13.1 Å². The molecule has 0 atom stereocenters. The van der Waals surface area contributed by atoms with Gasteiger partial charge in [0.1, 0.15) is 11.1 Å². The van der Waals surface area contributed by atoms with Crippen LogP contribution in [-0.2, 0) is 4.74 Å². The Morgan fingerprint density at radius 1 is 1.10 bits per heavy atom. The maximum atomic E-state index is 12.1. The van der Waals surface area contributed by atoms with Gasteiger partial charge in [-0.25, -0.2) is 4.79 Å². The van der Waals surface area contributed by atoms with Crippen LogP contribution in [0, 0.1) is 11.3 Å². The lowest BCUT2D eigenvalue weighted by Crippen LogP contribution is -2.57. The third-order valence-corrected chi connectivity index (χ3v) is 4.41. The number of hydrogen-bond donors (Lipinski definition) is 0. The van der Waals surface area contributed by atoms with Crippen molar-refractivity contribution < 1.29 is 9.53 Å². The Kier molecular flexibility index (Phi) is 4.77. The number of nitrogens with zero attached hydrogens (tertiary/aromatic N) is 3. The molecule has 21 heavy (non-hydrogen) atoms. The van der Waals surface area contributed by atoms with E-state index in [1.807, 2.05) is 20.8 Å². The van der Waals surface area contributed by atoms with Crippen LogP contribution in [0.3, 0.4) is 0 Å². The highest BCUT2D eigenvalue weighted by molar-refractivity contribution is 5.68. The van der Waals surface area contributed by atoms with E-state index in [0.717, 1.165) is 25.9 Å². The standard InChI is InChI=1S/C16H27N3O2/c1-15(2,3)21-14(20)18-11-7-16(13-17,8-12-18)19-9-5-4-6-10-19/h4-12H2,1-3H3. The van der Waals surface area contributed by atoms with E-state index in [9.17, 15) is 10.1 Å². The molecule has 0 radical (unpaired) electrons. The molecule has 2 heterocycles. The zero-order valence-electron chi connectivity index (χ0n) is 13.5. The maximum Gasteiger partial charge on any atom is 0.410 e. The molecule has 0 aromatic rings. The van der Waals surface area contributed by atoms with Gasteiger partial charge in [0.2, 0.25) is 0 Å². The van der Waals surface area contributed by atoms with Crippen molar-refractivity contribution in [2.75, 3.05) is 26.2 Å². The number of carbonyl (C=O) groups excluding carboxylic acids is 1. The molecule has 0 saturated carbocycles. The highest BCUT2D eigenvalue weighted by atomic mass is 16.6. The summed E-state index contributed by atoms with van der Waals surface area (Å²) in [6, 6.07) is 2.54. The first-order chi connectivity index (χ1) is 9.86. The number of carbonyl (C=O) groups is 1. The minimum Gasteiger partial charge on any atom is -0.444 e. The van der Waals surface area contributed by atoms with Crippen molar-refractivity contribution >= 4 is 6.09 Å². The molecule has 2 fully saturated rings. The first kappa shape index (κ1) is 16.1. The molecule has 2 rings (SSSR count). The number of likely N-dealkylation sites (tertiary alicyclic amines) is 2. The van der Waals surface area contributed by atoms with Crippen LogP contribution in [-0.4, -0.2) is 53.2 Å². The molecule has 0 N–H and O–H groups in total. The average Bonchev–Trinajstić information content (AvgIpc) is 2.46. The lowest BCUT2D eigenvalue weighted by Gasteiger charge is -2.45. The third kappa shape index (κ3) is 3.88. The van der Waals surface area contributed by atoms with Gasteiger partial charge in [-0.15, -0.1) is 0 Å². The smallest absolute Gasteiger partial charge is 0.410 e. The highest BCUT2D eigenvalue weighted by Crippen LogP contribution is 2.31. The average molecular weight is 293 g/mol. The Hall–Kier alpha value is -1.28. The fourth-order valence-electron chi connectivity index (χ4n) is 3.21. The van der Waals surface area contributed by atoms with E-state index in [1.54, 1.807) is 4.90 Å². The molecule has 118 valence electrons. The molecule has 2 aliphatic heterocycles. The summed E-state index contributed by atoms with van der Waals surface area (Å²) in [6.45, 7) is 8.88. The zero-order valence-corrected chi connectivity index (χ0v) is 13.5. The van der Waals surface area contributed by atoms with E-state index in [4.69, 9.17) is 4.74 Å². The van der Waals surface area contributed by atoms with Gasteiger partial charge < -0.3 is 9.64 Å². The van der Waals surface area contributed by atoms with Crippen LogP contribution >= 0.6 is 0 Å². The molecule has 5 heteroatoms. The Balaban J connectivity index is 1.94. The molecule has 5 nitrogen and oxygen atoms in total. The van der Waals surface area contributed by atoms with Gasteiger partial charge in [-0.1, -0.05) is 6.42 Å². The molecule has 0 bridgehead atoms. The van der Waals surface area contributed by atoms with E-state index >= 15 is 0 Å². The molecular formula is C16H27N3O2. The number of ether oxygens (including phenoxy) is 1. The van der Waals surface area contributed by atoms with Crippen molar-refractivity contribution in [2.24, 2.45) is 0 Å². The van der Waals surface area contributed by atoms with E-state index in [2.05, 4.69) is 11.0 Å². The van der Waals surface area contributed by atoms with Crippen LogP contribution in [0.15, 0.2) is 0 Å². The topological polar surface area (TPSA) is 56.6 Å². The molecule has 0 aromatic heterocycles. The van der Waals surface area contributed by atoms with Crippen molar-refractivity contribution in [1.82, 2.24) is 9.80 Å². The normalized spacial score (nSPS) is 23.4. The second-order valence-electron chi connectivity index (χ2n) is 7.16. The van der Waals surface area contributed by atoms with Gasteiger partial charge in [-0.2, -0.15) is 5.26 Å². The molecule has 0 spiro atoms. The first-order valence-corrected chi connectivity index (χ1v) is 8.01. The number of nitriles is 1. The number of piperidine rings is 2. The highest BCUT2D eigenvalue weighted by Gasteiger charge is 2.42. The predicted octanol–water partition coefficient (Wildman–Crippen LogP) is 2.77. The van der Waals surface area contributed by atoms with Crippen molar-refractivity contribution in [3.63, 3.8) is 0 Å². The van der Waals surface area contributed by atoms with E-state index < -0.39 is 5.60 Å². The summed E-state index contributed by atoms with van der Waals surface area (Å²) in [7, 11) is 0. The van der Waals surface area contributed by atoms with Gasteiger partial charge in [0, 0.05) is 13.1 Å². The summed E-state index contributed by atoms with van der Waals surface area (Å²) in [5.74, 6) is 0. The first-order valence-electron chi connectivity index (χ1n) is 8.01. The second kappa shape index (κ2) is 6.23. The van der Waals surface area contributed by atoms with Crippen molar-refractivity contribution in [1.29, 1.82) is 5.26 Å². The van der Waals surface area contributed by atoms with Crippen LogP contribution < -0.4 is 0 Å². The summed E-state index contributed by atoms with van der Waals surface area (Å²) in [6.07, 6.45) is 4.82. The minimum absolute atomic E-state index is 0.257. The number of amides is 1. The largest absolute Gasteiger partial charge is 0.444 e. The van der Waals surface area contributed by atoms with Crippen LogP contribution in [0.2, 0.25) is 0 Å². The monoisotopic (exact) mass is 293 g/mol. The molecular weight excluding hydrogens is 266 g/mol. The molecule has 0 aliphatic carbocycles. The molecule has 0 unspecified atom stereocenters. The lowest BCUT2D eigenvalue weighted by atomic mass is 9.85. The van der Waals surface area contributed by atoms with Crippen LogP contribution in [0.4, 0.5) is 4.79 Å². The Morgan fingerprint density at radius 2 is 1.67 bits per heavy atom. The van der Waals surface area contributed by atoms with Crippen molar-refractivity contribution in [3.8, 4) is 6.07 Å². The van der Waals surface area contributed by atoms with E-state index in [1.165, 1.54) is 19.3 Å². The van der Waals surface area contributed by atoms with Crippen molar-refractivity contribution in [2.45, 2.75) is 64.0 Å². The van der Waals surface area contributed by atoms with Crippen molar-refractivity contribution in [3.05, 3.63) is 0 Å². The number of rotatable bonds is 1. The van der Waals surface area contributed by atoms with Gasteiger partial charge in [0.15, 0.2) is 0 Å². The lowest BCUT2D eigenvalue weighted by molar-refractivity contribution is 0.00311. The Morgan fingerprint density at radius 3 is 2.14 bits per heavy atom. The maximum absolute atomic E-state index is 12.1. The summed E-state index contributed by atoms with van der Waals surface area (Å²) in [4.78, 5) is 16.2. The molecule has 2 aliphatic rings. The SMILES string of the molecule is CC(C)(C)OC(=O)N1CCC(C#N)(N2CCCCC2)CC1. The van der Waals surface area contributed by atoms with Crippen LogP contribution in [0.25, 0.3) is 0 Å². The minimum atomic E-state index is -0.465. The fourth-order valence-corrected chi connectivity index (χ4v) is 3.21. The van der Waals surface area contributed by atoms with Gasteiger partial charge in [-0.05, 0) is 59.5 Å². The zero-order chi connectivity index (χ0) is 15.5. The summed E-state index contributed by atoms with van der Waals surface area (Å²) in [5.41, 5.74) is -0.841. The fraction of sp³-hybridized carbons (Fsp3) is 0.875. The second-order valence-corrected chi connectivity index (χ2v) is 7.16. The Bertz CT molecular complexity index is 408. The van der Waals surface area contributed by atoms with Gasteiger partial charge in [0.25, 0.3) is 0 Å². The van der Waals surface area contributed by atoms with Crippen LogP contribution in [0.1, 0.15) is 52.9 Å². The van der Waals surface area contributed by atoms with Gasteiger partial charge in [0.05, 0.1) is 6.07 Å². The summed E-state index contributed by atoms with van der Waals surface area (Å²) >= 11 is 0.